The third kappa shape index (κ3) is 2.33. The summed E-state index contributed by atoms with van der Waals surface area (Å²) in [5.41, 5.74) is 1.26. The first kappa shape index (κ1) is 9.68. The van der Waals surface area contributed by atoms with E-state index >= 15 is 0 Å². The Hall–Kier alpha value is -0.870. The van der Waals surface area contributed by atoms with Gasteiger partial charge in [-0.15, -0.1) is 0 Å². The lowest BCUT2D eigenvalue weighted by molar-refractivity contribution is 0.497. The Morgan fingerprint density at radius 1 is 1.29 bits per heavy atom. The van der Waals surface area contributed by atoms with E-state index in [-0.39, 0.29) is 6.04 Å². The first-order valence-electron chi connectivity index (χ1n) is 4.70. The molecule has 1 heterocycles. The van der Waals surface area contributed by atoms with Crippen LogP contribution in [-0.4, -0.2) is 20.2 Å². The van der Waals surface area contributed by atoms with Crippen molar-refractivity contribution < 1.29 is 8.42 Å². The number of rotatable bonds is 3. The molecule has 0 aromatic heterocycles. The maximum atomic E-state index is 10.8. The van der Waals surface area contributed by atoms with Crippen molar-refractivity contribution in [2.75, 3.05) is 5.75 Å². The molecule has 76 valence electrons. The lowest BCUT2D eigenvalue weighted by Gasteiger charge is -2.27. The lowest BCUT2D eigenvalue weighted by atomic mass is 10.1. The van der Waals surface area contributed by atoms with E-state index in [1.54, 1.807) is 0 Å². The van der Waals surface area contributed by atoms with Crippen molar-refractivity contribution in [2.45, 2.75) is 18.9 Å². The third-order valence-electron chi connectivity index (χ3n) is 2.39. The summed E-state index contributed by atoms with van der Waals surface area (Å²) in [6, 6.07) is 10.3. The highest BCUT2D eigenvalue weighted by Gasteiger charge is 2.31. The van der Waals surface area contributed by atoms with Crippen LogP contribution in [0.4, 0.5) is 0 Å². The second-order valence-corrected chi connectivity index (χ2v) is 5.42. The molecule has 1 fully saturated rings. The van der Waals surface area contributed by atoms with Gasteiger partial charge < -0.3 is 0 Å². The quantitative estimate of drug-likeness (QED) is 0.808. The van der Waals surface area contributed by atoms with Crippen LogP contribution in [-0.2, 0) is 16.4 Å². The molecule has 1 aromatic rings. The Labute approximate surface area is 84.2 Å². The Balaban J connectivity index is 1.80. The highest BCUT2D eigenvalue weighted by atomic mass is 32.2. The predicted molar refractivity (Wildman–Crippen MR) is 55.5 cm³/mol. The number of hydrogen-bond donors (Lipinski definition) is 1. The maximum Gasteiger partial charge on any atom is 0.213 e. The molecule has 0 aliphatic carbocycles. The maximum absolute atomic E-state index is 10.8. The highest BCUT2D eigenvalue weighted by molar-refractivity contribution is 7.90. The molecule has 1 aliphatic heterocycles. The second-order valence-electron chi connectivity index (χ2n) is 3.62. The molecule has 0 amide bonds. The standard InChI is InChI=1S/C10H13NO2S/c12-14(13)8-10(11-14)7-6-9-4-2-1-3-5-9/h1-5,10-11H,6-8H2. The van der Waals surface area contributed by atoms with Crippen LogP contribution in [0.3, 0.4) is 0 Å². The Kier molecular flexibility index (Phi) is 2.56. The molecule has 14 heavy (non-hydrogen) atoms. The van der Waals surface area contributed by atoms with E-state index in [0.29, 0.717) is 5.75 Å². The Bertz CT molecular complexity index is 387. The summed E-state index contributed by atoms with van der Waals surface area (Å²) in [5, 5.41) is 0. The number of aryl methyl sites for hydroxylation is 1. The van der Waals surface area contributed by atoms with Crippen LogP contribution in [0.5, 0.6) is 0 Å². The van der Waals surface area contributed by atoms with Crippen LogP contribution < -0.4 is 4.72 Å². The topological polar surface area (TPSA) is 46.2 Å². The smallest absolute Gasteiger partial charge is 0.212 e. The zero-order chi connectivity index (χ0) is 10.0. The molecule has 1 aromatic carbocycles. The average molecular weight is 211 g/mol. The van der Waals surface area contributed by atoms with Crippen molar-refractivity contribution in [3.05, 3.63) is 35.9 Å². The normalized spacial score (nSPS) is 24.1. The molecule has 0 bridgehead atoms. The van der Waals surface area contributed by atoms with Crippen LogP contribution in [0, 0.1) is 0 Å². The van der Waals surface area contributed by atoms with E-state index < -0.39 is 10.0 Å². The molecule has 0 saturated carbocycles. The highest BCUT2D eigenvalue weighted by Crippen LogP contribution is 2.12. The van der Waals surface area contributed by atoms with Crippen LogP contribution in [0.2, 0.25) is 0 Å². The fourth-order valence-electron chi connectivity index (χ4n) is 1.63. The third-order valence-corrected chi connectivity index (χ3v) is 3.92. The summed E-state index contributed by atoms with van der Waals surface area (Å²) in [6.45, 7) is 0. The summed E-state index contributed by atoms with van der Waals surface area (Å²) in [5.74, 6) is 0.292. The van der Waals surface area contributed by atoms with E-state index in [4.69, 9.17) is 0 Å². The van der Waals surface area contributed by atoms with Gasteiger partial charge in [-0.05, 0) is 18.4 Å². The minimum Gasteiger partial charge on any atom is -0.212 e. The van der Waals surface area contributed by atoms with Crippen molar-refractivity contribution in [3.63, 3.8) is 0 Å². The fraction of sp³-hybridized carbons (Fsp3) is 0.400. The average Bonchev–Trinajstić information content (AvgIpc) is 2.13. The lowest BCUT2D eigenvalue weighted by Crippen LogP contribution is -2.53. The fourth-order valence-corrected chi connectivity index (χ4v) is 2.92. The Morgan fingerprint density at radius 3 is 2.50 bits per heavy atom. The van der Waals surface area contributed by atoms with Gasteiger partial charge in [-0.3, -0.25) is 0 Å². The van der Waals surface area contributed by atoms with Gasteiger partial charge in [-0.1, -0.05) is 30.3 Å². The summed E-state index contributed by atoms with van der Waals surface area (Å²) >= 11 is 0. The monoisotopic (exact) mass is 211 g/mol. The van der Waals surface area contributed by atoms with Gasteiger partial charge in [0, 0.05) is 6.04 Å². The molecular formula is C10H13NO2S. The van der Waals surface area contributed by atoms with E-state index in [2.05, 4.69) is 16.9 Å². The van der Waals surface area contributed by atoms with Crippen molar-refractivity contribution >= 4 is 10.0 Å². The molecule has 2 rings (SSSR count). The summed E-state index contributed by atoms with van der Waals surface area (Å²) < 4.78 is 24.2. The van der Waals surface area contributed by atoms with Crippen LogP contribution in [0.25, 0.3) is 0 Å². The van der Waals surface area contributed by atoms with Crippen LogP contribution >= 0.6 is 0 Å². The van der Waals surface area contributed by atoms with E-state index in [0.717, 1.165) is 12.8 Å². The first-order chi connectivity index (χ1) is 6.66. The number of nitrogens with one attached hydrogen (secondary N) is 1. The zero-order valence-electron chi connectivity index (χ0n) is 7.81. The minimum absolute atomic E-state index is 0.153. The number of hydrogen-bond acceptors (Lipinski definition) is 2. The minimum atomic E-state index is -2.89. The van der Waals surface area contributed by atoms with Gasteiger partial charge in [0.1, 0.15) is 0 Å². The second kappa shape index (κ2) is 3.71. The largest absolute Gasteiger partial charge is 0.213 e. The van der Waals surface area contributed by atoms with Crippen molar-refractivity contribution in [2.24, 2.45) is 0 Å². The molecular weight excluding hydrogens is 198 g/mol. The predicted octanol–water partition coefficient (Wildman–Crippen LogP) is 0.921. The van der Waals surface area contributed by atoms with Gasteiger partial charge >= 0.3 is 0 Å². The Morgan fingerprint density at radius 2 is 1.93 bits per heavy atom. The SMILES string of the molecule is O=S1(=O)CC(CCc2ccccc2)N1. The molecule has 1 aliphatic rings. The van der Waals surface area contributed by atoms with Gasteiger partial charge in [0.25, 0.3) is 0 Å². The number of benzene rings is 1. The summed E-state index contributed by atoms with van der Waals surface area (Å²) in [7, 11) is -2.89. The molecule has 3 nitrogen and oxygen atoms in total. The van der Waals surface area contributed by atoms with Crippen molar-refractivity contribution in [1.29, 1.82) is 0 Å². The van der Waals surface area contributed by atoms with E-state index in [9.17, 15) is 8.42 Å². The molecule has 1 unspecified atom stereocenters. The van der Waals surface area contributed by atoms with Crippen molar-refractivity contribution in [1.82, 2.24) is 4.72 Å². The van der Waals surface area contributed by atoms with Gasteiger partial charge in [0.2, 0.25) is 10.0 Å². The summed E-state index contributed by atoms with van der Waals surface area (Å²) in [4.78, 5) is 0. The summed E-state index contributed by atoms with van der Waals surface area (Å²) in [6.07, 6.45) is 1.83. The first-order valence-corrected chi connectivity index (χ1v) is 6.35. The van der Waals surface area contributed by atoms with Crippen LogP contribution in [0.15, 0.2) is 30.3 Å². The molecule has 1 N–H and O–H groups in total. The van der Waals surface area contributed by atoms with Crippen molar-refractivity contribution in [3.8, 4) is 0 Å². The molecule has 0 radical (unpaired) electrons. The van der Waals surface area contributed by atoms with E-state index in [1.807, 2.05) is 18.2 Å². The van der Waals surface area contributed by atoms with Crippen LogP contribution in [0.1, 0.15) is 12.0 Å². The van der Waals surface area contributed by atoms with Gasteiger partial charge in [0.05, 0.1) is 5.75 Å². The molecule has 1 atom stereocenters. The van der Waals surface area contributed by atoms with E-state index in [1.165, 1.54) is 5.56 Å². The molecule has 1 saturated heterocycles. The van der Waals surface area contributed by atoms with Gasteiger partial charge in [-0.25, -0.2) is 13.1 Å². The zero-order valence-corrected chi connectivity index (χ0v) is 8.63. The molecule has 4 heteroatoms. The number of sulfonamides is 1. The molecule has 0 spiro atoms. The van der Waals surface area contributed by atoms with Gasteiger partial charge in [0.15, 0.2) is 0 Å². The van der Waals surface area contributed by atoms with Gasteiger partial charge in [-0.2, -0.15) is 0 Å².